The number of halogens is 1. The standard InChI is InChI=1S/C14H14FNO3/c15-11-3-1-2-10(8-11)9-16(12-4-5-12)13(17)6-7-14(18)19/h1-3,6-8,12H,4-5,9H2,(H,18,19)/b7-6+. The van der Waals surface area contributed by atoms with Gasteiger partial charge in [-0.25, -0.2) is 9.18 Å². The van der Waals surface area contributed by atoms with Crippen molar-refractivity contribution in [2.45, 2.75) is 25.4 Å². The lowest BCUT2D eigenvalue weighted by atomic mass is 10.2. The molecule has 0 unspecified atom stereocenters. The monoisotopic (exact) mass is 263 g/mol. The van der Waals surface area contributed by atoms with E-state index in [-0.39, 0.29) is 17.8 Å². The molecule has 2 rings (SSSR count). The molecule has 0 spiro atoms. The third-order valence-electron chi connectivity index (χ3n) is 2.88. The van der Waals surface area contributed by atoms with Gasteiger partial charge >= 0.3 is 5.97 Å². The van der Waals surface area contributed by atoms with Gasteiger partial charge in [-0.3, -0.25) is 4.79 Å². The molecular weight excluding hydrogens is 249 g/mol. The number of rotatable bonds is 5. The maximum absolute atomic E-state index is 13.1. The minimum atomic E-state index is -1.16. The van der Waals surface area contributed by atoms with Gasteiger partial charge in [0.1, 0.15) is 5.82 Å². The van der Waals surface area contributed by atoms with Crippen LogP contribution in [0.1, 0.15) is 18.4 Å². The van der Waals surface area contributed by atoms with E-state index in [0.29, 0.717) is 12.1 Å². The summed E-state index contributed by atoms with van der Waals surface area (Å²) < 4.78 is 13.1. The first-order valence-electron chi connectivity index (χ1n) is 6.02. The molecule has 0 aliphatic heterocycles. The number of aliphatic carboxylic acids is 1. The first-order valence-corrected chi connectivity index (χ1v) is 6.02. The lowest BCUT2D eigenvalue weighted by molar-refractivity contribution is -0.132. The summed E-state index contributed by atoms with van der Waals surface area (Å²) in [4.78, 5) is 23.9. The van der Waals surface area contributed by atoms with Gasteiger partial charge in [-0.15, -0.1) is 0 Å². The summed E-state index contributed by atoms with van der Waals surface area (Å²) in [5.74, 6) is -1.86. The van der Waals surface area contributed by atoms with Gasteiger partial charge in [0.15, 0.2) is 0 Å². The van der Waals surface area contributed by atoms with E-state index in [9.17, 15) is 14.0 Å². The average Bonchev–Trinajstić information content (AvgIpc) is 3.17. The maximum atomic E-state index is 13.1. The summed E-state index contributed by atoms with van der Waals surface area (Å²) in [6.07, 6.45) is 3.67. The minimum Gasteiger partial charge on any atom is -0.478 e. The molecule has 1 saturated carbocycles. The molecule has 0 bridgehead atoms. The molecule has 1 amide bonds. The van der Waals surface area contributed by atoms with Crippen molar-refractivity contribution in [1.82, 2.24) is 4.90 Å². The Hall–Kier alpha value is -2.17. The molecule has 0 saturated heterocycles. The van der Waals surface area contributed by atoms with Crippen molar-refractivity contribution in [1.29, 1.82) is 0 Å². The molecule has 0 aromatic heterocycles. The van der Waals surface area contributed by atoms with E-state index in [1.54, 1.807) is 17.0 Å². The summed E-state index contributed by atoms with van der Waals surface area (Å²) >= 11 is 0. The van der Waals surface area contributed by atoms with Crippen LogP contribution >= 0.6 is 0 Å². The molecule has 1 aliphatic carbocycles. The van der Waals surface area contributed by atoms with Gasteiger partial charge in [0.05, 0.1) is 0 Å². The summed E-state index contributed by atoms with van der Waals surface area (Å²) in [6, 6.07) is 6.19. The van der Waals surface area contributed by atoms with Gasteiger partial charge in [0.25, 0.3) is 0 Å². The number of carbonyl (C=O) groups is 2. The van der Waals surface area contributed by atoms with Gasteiger partial charge in [0, 0.05) is 24.7 Å². The van der Waals surface area contributed by atoms with Gasteiger partial charge in [-0.2, -0.15) is 0 Å². The fourth-order valence-corrected chi connectivity index (χ4v) is 1.84. The molecule has 100 valence electrons. The number of carboxylic acids is 1. The zero-order valence-corrected chi connectivity index (χ0v) is 10.3. The number of carboxylic acid groups (broad SMARTS) is 1. The molecule has 4 nitrogen and oxygen atoms in total. The zero-order valence-electron chi connectivity index (χ0n) is 10.3. The Labute approximate surface area is 110 Å². The average molecular weight is 263 g/mol. The molecule has 0 atom stereocenters. The van der Waals surface area contributed by atoms with Crippen molar-refractivity contribution in [3.63, 3.8) is 0 Å². The first-order chi connectivity index (χ1) is 9.06. The predicted molar refractivity (Wildman–Crippen MR) is 66.7 cm³/mol. The van der Waals surface area contributed by atoms with E-state index >= 15 is 0 Å². The van der Waals surface area contributed by atoms with Crippen LogP contribution in [0.15, 0.2) is 36.4 Å². The second-order valence-electron chi connectivity index (χ2n) is 4.50. The molecule has 1 aromatic carbocycles. The van der Waals surface area contributed by atoms with E-state index in [1.807, 2.05) is 0 Å². The smallest absolute Gasteiger partial charge is 0.328 e. The van der Waals surface area contributed by atoms with Crippen molar-refractivity contribution in [3.05, 3.63) is 47.8 Å². The molecule has 19 heavy (non-hydrogen) atoms. The quantitative estimate of drug-likeness (QED) is 0.826. The number of hydrogen-bond acceptors (Lipinski definition) is 2. The molecule has 1 N–H and O–H groups in total. The summed E-state index contributed by atoms with van der Waals surface area (Å²) in [7, 11) is 0. The van der Waals surface area contributed by atoms with E-state index in [2.05, 4.69) is 0 Å². The highest BCUT2D eigenvalue weighted by Gasteiger charge is 2.31. The van der Waals surface area contributed by atoms with Gasteiger partial charge in [-0.05, 0) is 30.5 Å². The molecule has 0 heterocycles. The van der Waals surface area contributed by atoms with Crippen LogP contribution in [-0.2, 0) is 16.1 Å². The van der Waals surface area contributed by atoms with E-state index in [4.69, 9.17) is 5.11 Å². The Morgan fingerprint density at radius 1 is 1.37 bits per heavy atom. The SMILES string of the molecule is O=C(O)/C=C/C(=O)N(Cc1cccc(F)c1)C1CC1. The Morgan fingerprint density at radius 2 is 2.11 bits per heavy atom. The molecule has 1 fully saturated rings. The Kier molecular flexibility index (Phi) is 3.94. The molecular formula is C14H14FNO3. The topological polar surface area (TPSA) is 57.6 Å². The lowest BCUT2D eigenvalue weighted by Gasteiger charge is -2.20. The highest BCUT2D eigenvalue weighted by Crippen LogP contribution is 2.28. The minimum absolute atomic E-state index is 0.134. The van der Waals surface area contributed by atoms with E-state index in [0.717, 1.165) is 25.0 Å². The van der Waals surface area contributed by atoms with Crippen molar-refractivity contribution >= 4 is 11.9 Å². The second-order valence-corrected chi connectivity index (χ2v) is 4.50. The van der Waals surface area contributed by atoms with Crippen LogP contribution in [0.3, 0.4) is 0 Å². The van der Waals surface area contributed by atoms with E-state index in [1.165, 1.54) is 12.1 Å². The Balaban J connectivity index is 2.08. The number of benzene rings is 1. The summed E-state index contributed by atoms with van der Waals surface area (Å²) in [5.41, 5.74) is 0.698. The van der Waals surface area contributed by atoms with Gasteiger partial charge < -0.3 is 10.0 Å². The highest BCUT2D eigenvalue weighted by atomic mass is 19.1. The van der Waals surface area contributed by atoms with Gasteiger partial charge in [0.2, 0.25) is 5.91 Å². The molecule has 1 aromatic rings. The van der Waals surface area contributed by atoms with Crippen LogP contribution in [0.25, 0.3) is 0 Å². The largest absolute Gasteiger partial charge is 0.478 e. The highest BCUT2D eigenvalue weighted by molar-refractivity contribution is 5.94. The predicted octanol–water partition coefficient (Wildman–Crippen LogP) is 1.96. The normalized spacial score (nSPS) is 14.6. The second kappa shape index (κ2) is 5.65. The van der Waals surface area contributed by atoms with Crippen molar-refractivity contribution < 1.29 is 19.1 Å². The number of nitrogens with zero attached hydrogens (tertiary/aromatic N) is 1. The Morgan fingerprint density at radius 3 is 2.68 bits per heavy atom. The van der Waals surface area contributed by atoms with Crippen LogP contribution in [0.4, 0.5) is 4.39 Å². The molecule has 0 radical (unpaired) electrons. The van der Waals surface area contributed by atoms with Crippen molar-refractivity contribution in [3.8, 4) is 0 Å². The summed E-state index contributed by atoms with van der Waals surface area (Å²) in [6.45, 7) is 0.297. The van der Waals surface area contributed by atoms with Crippen LogP contribution < -0.4 is 0 Å². The van der Waals surface area contributed by atoms with Crippen LogP contribution in [0.5, 0.6) is 0 Å². The van der Waals surface area contributed by atoms with Gasteiger partial charge in [-0.1, -0.05) is 12.1 Å². The fraction of sp³-hybridized carbons (Fsp3) is 0.286. The number of amides is 1. The fourth-order valence-electron chi connectivity index (χ4n) is 1.84. The third-order valence-corrected chi connectivity index (χ3v) is 2.88. The van der Waals surface area contributed by atoms with Crippen molar-refractivity contribution in [2.75, 3.05) is 0 Å². The van der Waals surface area contributed by atoms with Crippen LogP contribution in [0.2, 0.25) is 0 Å². The van der Waals surface area contributed by atoms with Crippen LogP contribution in [-0.4, -0.2) is 27.9 Å². The summed E-state index contributed by atoms with van der Waals surface area (Å²) in [5, 5.41) is 8.52. The molecule has 1 aliphatic rings. The third kappa shape index (κ3) is 3.91. The molecule has 5 heteroatoms. The lowest BCUT2D eigenvalue weighted by Crippen LogP contribution is -2.31. The number of carbonyl (C=O) groups excluding carboxylic acids is 1. The Bertz CT molecular complexity index is 523. The maximum Gasteiger partial charge on any atom is 0.328 e. The first kappa shape index (κ1) is 13.3. The van der Waals surface area contributed by atoms with Crippen LogP contribution in [0, 0.1) is 5.82 Å². The van der Waals surface area contributed by atoms with Crippen molar-refractivity contribution in [2.24, 2.45) is 0 Å². The zero-order chi connectivity index (χ0) is 13.8. The van der Waals surface area contributed by atoms with E-state index < -0.39 is 5.97 Å². The number of hydrogen-bond donors (Lipinski definition) is 1.